The number of aromatic carboxylic acids is 1. The number of halogens is 2. The molecule has 0 aliphatic rings. The molecule has 0 saturated heterocycles. The summed E-state index contributed by atoms with van der Waals surface area (Å²) < 4.78 is 30.7. The summed E-state index contributed by atoms with van der Waals surface area (Å²) in [6.45, 7) is 0. The quantitative estimate of drug-likeness (QED) is 0.801. The Morgan fingerprint density at radius 3 is 2.59 bits per heavy atom. The van der Waals surface area contributed by atoms with Crippen molar-refractivity contribution in [2.24, 2.45) is 0 Å². The molecule has 4 nitrogen and oxygen atoms in total. The van der Waals surface area contributed by atoms with Gasteiger partial charge in [-0.3, -0.25) is 0 Å². The fourth-order valence-corrected chi connectivity index (χ4v) is 1.19. The molecule has 0 amide bonds. The van der Waals surface area contributed by atoms with E-state index < -0.39 is 23.5 Å². The van der Waals surface area contributed by atoms with Gasteiger partial charge in [0.05, 0.1) is 11.8 Å². The average Bonchev–Trinajstić information content (AvgIpc) is 2.66. The van der Waals surface area contributed by atoms with Crippen molar-refractivity contribution in [1.29, 1.82) is 0 Å². The van der Waals surface area contributed by atoms with Crippen LogP contribution in [-0.2, 0) is 0 Å². The predicted molar refractivity (Wildman–Crippen MR) is 56.0 cm³/mol. The molecule has 1 N–H and O–H groups in total. The van der Waals surface area contributed by atoms with Gasteiger partial charge in [0.1, 0.15) is 11.6 Å². The Labute approximate surface area is 106 Å². The molecule has 1 aromatic carbocycles. The Bertz CT molecular complexity index is 556. The van der Waals surface area contributed by atoms with Crippen molar-refractivity contribution in [3.8, 4) is 11.3 Å². The molecular weight excluding hydrogens is 227 g/mol. The first-order valence-corrected chi connectivity index (χ1v) is 4.22. The van der Waals surface area contributed by atoms with E-state index in [4.69, 9.17) is 9.52 Å². The SMILES string of the molecule is O=C(O)c1ncc(-c2ccc(F)cc2F)o1.[LiH]. The van der Waals surface area contributed by atoms with Gasteiger partial charge in [0.15, 0.2) is 5.76 Å². The van der Waals surface area contributed by atoms with Crippen LogP contribution in [0, 0.1) is 11.6 Å². The molecule has 2 rings (SSSR count). The second-order valence-corrected chi connectivity index (χ2v) is 2.96. The molecule has 0 unspecified atom stereocenters. The molecule has 0 radical (unpaired) electrons. The van der Waals surface area contributed by atoms with Gasteiger partial charge in [-0.2, -0.15) is 0 Å². The van der Waals surface area contributed by atoms with E-state index >= 15 is 0 Å². The average molecular weight is 233 g/mol. The van der Waals surface area contributed by atoms with Gasteiger partial charge in [-0.05, 0) is 12.1 Å². The number of oxazole rings is 1. The maximum atomic E-state index is 13.3. The normalized spacial score (nSPS) is 9.76. The topological polar surface area (TPSA) is 63.3 Å². The van der Waals surface area contributed by atoms with Crippen LogP contribution in [0.3, 0.4) is 0 Å². The van der Waals surface area contributed by atoms with E-state index in [2.05, 4.69) is 4.98 Å². The third kappa shape index (κ3) is 2.73. The molecule has 0 spiro atoms. The summed E-state index contributed by atoms with van der Waals surface area (Å²) in [6, 6.07) is 2.87. The fraction of sp³-hybridized carbons (Fsp3) is 0. The monoisotopic (exact) mass is 233 g/mol. The van der Waals surface area contributed by atoms with E-state index in [1.54, 1.807) is 0 Å². The van der Waals surface area contributed by atoms with Crippen LogP contribution in [0.5, 0.6) is 0 Å². The number of carboxylic acid groups (broad SMARTS) is 1. The number of rotatable bonds is 2. The number of nitrogens with zero attached hydrogens (tertiary/aromatic N) is 1. The molecule has 0 aliphatic carbocycles. The van der Waals surface area contributed by atoms with Crippen LogP contribution in [0.25, 0.3) is 11.3 Å². The Kier molecular flexibility index (Phi) is 4.05. The van der Waals surface area contributed by atoms with Crippen molar-refractivity contribution >= 4 is 24.8 Å². The standard InChI is InChI=1S/C10H5F2NO3.Li.H/c11-5-1-2-6(7(12)3-5)8-4-13-9(16-8)10(14)15;;/h1-4H,(H,14,15);;. The zero-order valence-electron chi connectivity index (χ0n) is 7.78. The number of aromatic nitrogens is 1. The molecule has 84 valence electrons. The van der Waals surface area contributed by atoms with Gasteiger partial charge >= 0.3 is 30.7 Å². The van der Waals surface area contributed by atoms with Crippen molar-refractivity contribution < 1.29 is 23.1 Å². The summed E-state index contributed by atoms with van der Waals surface area (Å²) in [5.74, 6) is -3.52. The number of hydrogen-bond acceptors (Lipinski definition) is 3. The third-order valence-electron chi connectivity index (χ3n) is 1.89. The Morgan fingerprint density at radius 1 is 1.35 bits per heavy atom. The van der Waals surface area contributed by atoms with Crippen molar-refractivity contribution in [1.82, 2.24) is 4.98 Å². The van der Waals surface area contributed by atoms with Crippen LogP contribution in [0.1, 0.15) is 10.7 Å². The van der Waals surface area contributed by atoms with Gasteiger partial charge in [-0.15, -0.1) is 0 Å². The summed E-state index contributed by atoms with van der Waals surface area (Å²) in [6.07, 6.45) is 1.07. The first-order valence-electron chi connectivity index (χ1n) is 4.22. The van der Waals surface area contributed by atoms with E-state index in [9.17, 15) is 13.6 Å². The summed E-state index contributed by atoms with van der Waals surface area (Å²) >= 11 is 0. The van der Waals surface area contributed by atoms with Gasteiger partial charge in [-0.25, -0.2) is 18.6 Å². The van der Waals surface area contributed by atoms with Gasteiger partial charge in [0.2, 0.25) is 0 Å². The summed E-state index contributed by atoms with van der Waals surface area (Å²) in [5.41, 5.74) is -0.0404. The second kappa shape index (κ2) is 5.12. The van der Waals surface area contributed by atoms with Crippen LogP contribution in [0.2, 0.25) is 0 Å². The van der Waals surface area contributed by atoms with Crippen molar-refractivity contribution in [2.45, 2.75) is 0 Å². The van der Waals surface area contributed by atoms with Crippen molar-refractivity contribution in [2.75, 3.05) is 0 Å². The van der Waals surface area contributed by atoms with Gasteiger partial charge in [0.25, 0.3) is 0 Å². The molecule has 0 fully saturated rings. The van der Waals surface area contributed by atoms with Gasteiger partial charge < -0.3 is 9.52 Å². The maximum absolute atomic E-state index is 13.3. The number of carbonyl (C=O) groups is 1. The molecule has 0 bridgehead atoms. The zero-order valence-corrected chi connectivity index (χ0v) is 7.78. The van der Waals surface area contributed by atoms with Gasteiger partial charge in [-0.1, -0.05) is 0 Å². The predicted octanol–water partition coefficient (Wildman–Crippen LogP) is 1.67. The van der Waals surface area contributed by atoms with Crippen LogP contribution in [-0.4, -0.2) is 34.9 Å². The Balaban J connectivity index is 0.00000144. The second-order valence-electron chi connectivity index (χ2n) is 2.96. The van der Waals surface area contributed by atoms with E-state index in [1.165, 1.54) is 0 Å². The van der Waals surface area contributed by atoms with Crippen LogP contribution < -0.4 is 0 Å². The van der Waals surface area contributed by atoms with E-state index in [-0.39, 0.29) is 30.2 Å². The van der Waals surface area contributed by atoms with Crippen molar-refractivity contribution in [3.63, 3.8) is 0 Å². The first kappa shape index (κ1) is 13.4. The molecule has 2 aromatic rings. The van der Waals surface area contributed by atoms with Crippen LogP contribution in [0.15, 0.2) is 28.8 Å². The van der Waals surface area contributed by atoms with Gasteiger partial charge in [0, 0.05) is 6.07 Å². The molecule has 0 atom stereocenters. The third-order valence-corrected chi connectivity index (χ3v) is 1.89. The van der Waals surface area contributed by atoms with E-state index in [0.717, 1.165) is 18.3 Å². The van der Waals surface area contributed by atoms with Crippen LogP contribution >= 0.6 is 0 Å². The Morgan fingerprint density at radius 2 is 2.06 bits per heavy atom. The molecule has 1 heterocycles. The van der Waals surface area contributed by atoms with Crippen LogP contribution in [0.4, 0.5) is 8.78 Å². The molecule has 7 heteroatoms. The molecule has 0 aliphatic heterocycles. The molecule has 17 heavy (non-hydrogen) atoms. The number of hydrogen-bond donors (Lipinski definition) is 1. The minimum atomic E-state index is -1.35. The summed E-state index contributed by atoms with van der Waals surface area (Å²) in [7, 11) is 0. The fourth-order valence-electron chi connectivity index (χ4n) is 1.19. The van der Waals surface area contributed by atoms with E-state index in [1.807, 2.05) is 0 Å². The zero-order chi connectivity index (χ0) is 11.7. The summed E-state index contributed by atoms with van der Waals surface area (Å²) in [4.78, 5) is 13.9. The summed E-state index contributed by atoms with van der Waals surface area (Å²) in [5, 5.41) is 8.55. The number of benzene rings is 1. The molecule has 0 saturated carbocycles. The molecular formula is C10H6F2LiNO3. The minimum absolute atomic E-state index is 0. The Hall–Kier alpha value is -1.64. The van der Waals surface area contributed by atoms with Crippen molar-refractivity contribution in [3.05, 3.63) is 41.9 Å². The molecule has 1 aromatic heterocycles. The van der Waals surface area contributed by atoms with E-state index in [0.29, 0.717) is 6.07 Å². The number of carboxylic acids is 1. The first-order chi connectivity index (χ1) is 7.58.